The summed E-state index contributed by atoms with van der Waals surface area (Å²) in [5.74, 6) is 0.377. The Hall–Kier alpha value is -0.570. The topological polar surface area (TPSA) is 53.1 Å². The molecule has 0 spiro atoms. The van der Waals surface area contributed by atoms with Crippen molar-refractivity contribution in [3.8, 4) is 0 Å². The van der Waals surface area contributed by atoms with Gasteiger partial charge in [-0.05, 0) is 44.2 Å². The molecule has 15 heavy (non-hydrogen) atoms. The zero-order valence-electron chi connectivity index (χ0n) is 9.60. The zero-order valence-corrected chi connectivity index (χ0v) is 9.60. The van der Waals surface area contributed by atoms with E-state index in [0.29, 0.717) is 11.3 Å². The summed E-state index contributed by atoms with van der Waals surface area (Å²) in [6.07, 6.45) is 8.90. The average Bonchev–Trinajstić information content (AvgIpc) is 2.91. The van der Waals surface area contributed by atoms with Gasteiger partial charge >= 0.3 is 0 Å². The third-order valence-corrected chi connectivity index (χ3v) is 3.78. The second-order valence-corrected chi connectivity index (χ2v) is 5.39. The van der Waals surface area contributed by atoms with Crippen molar-refractivity contribution in [1.82, 2.24) is 4.90 Å². The lowest BCUT2D eigenvalue weighted by molar-refractivity contribution is 0.229. The molecule has 0 radical (unpaired) electrons. The highest BCUT2D eigenvalue weighted by molar-refractivity contribution is 5.78. The fourth-order valence-corrected chi connectivity index (χ4v) is 2.74. The molecule has 0 unspecified atom stereocenters. The molecule has 3 N–H and O–H groups in total. The molecule has 3 heteroatoms. The Bertz CT molecular complexity index is 225. The van der Waals surface area contributed by atoms with Gasteiger partial charge in [0.1, 0.15) is 0 Å². The van der Waals surface area contributed by atoms with Crippen molar-refractivity contribution in [3.05, 3.63) is 0 Å². The lowest BCUT2D eigenvalue weighted by atomic mass is 10.0. The Morgan fingerprint density at radius 3 is 2.20 bits per heavy atom. The maximum Gasteiger partial charge on any atom is 0.0911 e. The lowest BCUT2D eigenvalue weighted by Gasteiger charge is -2.25. The third-order valence-electron chi connectivity index (χ3n) is 3.78. The van der Waals surface area contributed by atoms with Crippen LogP contribution in [0.25, 0.3) is 0 Å². The number of hydrogen-bond donors (Lipinski definition) is 2. The summed E-state index contributed by atoms with van der Waals surface area (Å²) in [6.45, 7) is 3.71. The minimum absolute atomic E-state index is 0.377. The molecule has 0 atom stereocenters. The summed E-state index contributed by atoms with van der Waals surface area (Å²) in [5, 5.41) is 7.41. The molecule has 0 bridgehead atoms. The SMILES string of the molecule is N=C(N)CC1(CN2CCCCCC2)CC1. The molecule has 2 aliphatic rings. The molecule has 1 aliphatic carbocycles. The fourth-order valence-electron chi connectivity index (χ4n) is 2.74. The summed E-state index contributed by atoms with van der Waals surface area (Å²) in [7, 11) is 0. The number of nitrogens with two attached hydrogens (primary N) is 1. The van der Waals surface area contributed by atoms with Crippen molar-refractivity contribution in [2.24, 2.45) is 11.1 Å². The van der Waals surface area contributed by atoms with Gasteiger partial charge < -0.3 is 10.6 Å². The Morgan fingerprint density at radius 2 is 1.73 bits per heavy atom. The largest absolute Gasteiger partial charge is 0.388 e. The minimum Gasteiger partial charge on any atom is -0.388 e. The van der Waals surface area contributed by atoms with Gasteiger partial charge in [0.05, 0.1) is 5.84 Å². The second kappa shape index (κ2) is 4.52. The van der Waals surface area contributed by atoms with Gasteiger partial charge in [-0.1, -0.05) is 12.8 Å². The van der Waals surface area contributed by atoms with Crippen LogP contribution in [0, 0.1) is 10.8 Å². The standard InChI is InChI=1S/C12H23N3/c13-11(14)9-12(5-6-12)10-15-7-3-1-2-4-8-15/h1-10H2,(H3,13,14). The number of rotatable bonds is 4. The summed E-state index contributed by atoms with van der Waals surface area (Å²) < 4.78 is 0. The molecular weight excluding hydrogens is 186 g/mol. The molecule has 2 rings (SSSR count). The normalized spacial score (nSPS) is 25.9. The average molecular weight is 209 g/mol. The molecule has 0 aromatic carbocycles. The van der Waals surface area contributed by atoms with E-state index in [0.717, 1.165) is 6.42 Å². The van der Waals surface area contributed by atoms with Crippen LogP contribution in [0.15, 0.2) is 0 Å². The van der Waals surface area contributed by atoms with Crippen LogP contribution in [0.4, 0.5) is 0 Å². The molecule has 0 amide bonds. The van der Waals surface area contributed by atoms with Gasteiger partial charge in [-0.25, -0.2) is 0 Å². The first-order chi connectivity index (χ1) is 7.20. The van der Waals surface area contributed by atoms with Gasteiger partial charge in [-0.2, -0.15) is 0 Å². The third kappa shape index (κ3) is 3.20. The van der Waals surface area contributed by atoms with Crippen LogP contribution in [-0.2, 0) is 0 Å². The van der Waals surface area contributed by atoms with Gasteiger partial charge in [0.25, 0.3) is 0 Å². The second-order valence-electron chi connectivity index (χ2n) is 5.39. The van der Waals surface area contributed by atoms with Crippen molar-refractivity contribution >= 4 is 5.84 Å². The van der Waals surface area contributed by atoms with Gasteiger partial charge in [-0.15, -0.1) is 0 Å². The Balaban J connectivity index is 1.81. The van der Waals surface area contributed by atoms with E-state index in [1.807, 2.05) is 0 Å². The highest BCUT2D eigenvalue weighted by Gasteiger charge is 2.44. The van der Waals surface area contributed by atoms with E-state index in [2.05, 4.69) is 4.90 Å². The highest BCUT2D eigenvalue weighted by Crippen LogP contribution is 2.49. The van der Waals surface area contributed by atoms with Crippen molar-refractivity contribution in [3.63, 3.8) is 0 Å². The molecule has 2 fully saturated rings. The van der Waals surface area contributed by atoms with E-state index in [9.17, 15) is 0 Å². The molecule has 0 aromatic heterocycles. The molecule has 1 saturated carbocycles. The first kappa shape index (κ1) is 10.9. The summed E-state index contributed by atoms with van der Waals surface area (Å²) in [6, 6.07) is 0. The van der Waals surface area contributed by atoms with E-state index in [4.69, 9.17) is 11.1 Å². The molecule has 0 aromatic rings. The van der Waals surface area contributed by atoms with E-state index in [1.165, 1.54) is 58.2 Å². The Kier molecular flexibility index (Phi) is 3.29. The molecule has 1 saturated heterocycles. The fraction of sp³-hybridized carbons (Fsp3) is 0.917. The van der Waals surface area contributed by atoms with Crippen molar-refractivity contribution in [1.29, 1.82) is 5.41 Å². The molecule has 1 aliphatic heterocycles. The monoisotopic (exact) mass is 209 g/mol. The maximum absolute atomic E-state index is 7.41. The quantitative estimate of drug-likeness (QED) is 0.549. The number of likely N-dealkylation sites (tertiary alicyclic amines) is 1. The van der Waals surface area contributed by atoms with Crippen LogP contribution in [0.2, 0.25) is 0 Å². The van der Waals surface area contributed by atoms with E-state index in [-0.39, 0.29) is 0 Å². The van der Waals surface area contributed by atoms with E-state index < -0.39 is 0 Å². The first-order valence-electron chi connectivity index (χ1n) is 6.26. The van der Waals surface area contributed by atoms with Crippen molar-refractivity contribution in [2.45, 2.75) is 44.9 Å². The number of nitrogens with zero attached hydrogens (tertiary/aromatic N) is 1. The van der Waals surface area contributed by atoms with Crippen LogP contribution >= 0.6 is 0 Å². The number of amidine groups is 1. The number of hydrogen-bond acceptors (Lipinski definition) is 2. The van der Waals surface area contributed by atoms with Crippen LogP contribution in [-0.4, -0.2) is 30.4 Å². The molecule has 1 heterocycles. The lowest BCUT2D eigenvalue weighted by Crippen LogP contribution is -2.33. The van der Waals surface area contributed by atoms with Crippen molar-refractivity contribution < 1.29 is 0 Å². The Labute approximate surface area is 92.5 Å². The van der Waals surface area contributed by atoms with Crippen LogP contribution < -0.4 is 5.73 Å². The van der Waals surface area contributed by atoms with Gasteiger partial charge in [0.15, 0.2) is 0 Å². The summed E-state index contributed by atoms with van der Waals surface area (Å²) in [4.78, 5) is 2.60. The maximum atomic E-state index is 7.41. The smallest absolute Gasteiger partial charge is 0.0911 e. The minimum atomic E-state index is 0.377. The number of nitrogens with one attached hydrogen (secondary N) is 1. The highest BCUT2D eigenvalue weighted by atomic mass is 15.1. The molecule has 86 valence electrons. The van der Waals surface area contributed by atoms with Crippen molar-refractivity contribution in [2.75, 3.05) is 19.6 Å². The predicted octanol–water partition coefficient (Wildman–Crippen LogP) is 1.97. The first-order valence-corrected chi connectivity index (χ1v) is 6.26. The molecule has 3 nitrogen and oxygen atoms in total. The van der Waals surface area contributed by atoms with Crippen LogP contribution in [0.5, 0.6) is 0 Å². The van der Waals surface area contributed by atoms with Crippen LogP contribution in [0.3, 0.4) is 0 Å². The van der Waals surface area contributed by atoms with E-state index >= 15 is 0 Å². The zero-order chi connectivity index (χ0) is 10.7. The van der Waals surface area contributed by atoms with E-state index in [1.54, 1.807) is 0 Å². The van der Waals surface area contributed by atoms with Gasteiger partial charge in [0, 0.05) is 13.0 Å². The summed E-state index contributed by atoms with van der Waals surface area (Å²) in [5.41, 5.74) is 5.92. The molecular formula is C12H23N3. The Morgan fingerprint density at radius 1 is 1.13 bits per heavy atom. The van der Waals surface area contributed by atoms with Gasteiger partial charge in [0.2, 0.25) is 0 Å². The summed E-state index contributed by atoms with van der Waals surface area (Å²) >= 11 is 0. The predicted molar refractivity (Wildman–Crippen MR) is 63.1 cm³/mol. The van der Waals surface area contributed by atoms with Gasteiger partial charge in [-0.3, -0.25) is 5.41 Å². The van der Waals surface area contributed by atoms with Crippen LogP contribution in [0.1, 0.15) is 44.9 Å².